The molecule has 1 saturated carbocycles. The summed E-state index contributed by atoms with van der Waals surface area (Å²) in [6.45, 7) is 9.18. The lowest BCUT2D eigenvalue weighted by molar-refractivity contribution is 0.100. The number of rotatable bonds is 1. The van der Waals surface area contributed by atoms with Crippen molar-refractivity contribution in [3.63, 3.8) is 0 Å². The Kier molecular flexibility index (Phi) is 2.82. The zero-order chi connectivity index (χ0) is 9.35. The van der Waals surface area contributed by atoms with Crippen LogP contribution in [0, 0.1) is 17.8 Å². The molecule has 0 aliphatic heterocycles. The van der Waals surface area contributed by atoms with Crippen LogP contribution in [0.4, 0.5) is 0 Å². The molecule has 1 aliphatic rings. The lowest BCUT2D eigenvalue weighted by Gasteiger charge is -2.46. The van der Waals surface area contributed by atoms with Gasteiger partial charge in [0.05, 0.1) is 0 Å². The molecule has 1 heteroatoms. The summed E-state index contributed by atoms with van der Waals surface area (Å²) in [6, 6.07) is 0. The first-order valence-electron chi connectivity index (χ1n) is 5.27. The second kappa shape index (κ2) is 3.37. The van der Waals surface area contributed by atoms with E-state index in [0.29, 0.717) is 11.8 Å². The highest BCUT2D eigenvalue weighted by atomic mass is 14.8. The molecule has 0 aromatic carbocycles. The summed E-state index contributed by atoms with van der Waals surface area (Å²) in [5, 5.41) is 0. The van der Waals surface area contributed by atoms with Crippen LogP contribution in [0.15, 0.2) is 0 Å². The van der Waals surface area contributed by atoms with E-state index in [1.165, 1.54) is 19.3 Å². The zero-order valence-electron chi connectivity index (χ0n) is 8.93. The molecule has 0 radical (unpaired) electrons. The minimum atomic E-state index is 0.109. The molecule has 1 fully saturated rings. The minimum absolute atomic E-state index is 0.109. The van der Waals surface area contributed by atoms with Gasteiger partial charge in [-0.1, -0.05) is 40.5 Å². The zero-order valence-corrected chi connectivity index (χ0v) is 8.93. The topological polar surface area (TPSA) is 26.0 Å². The molecule has 72 valence electrons. The predicted octanol–water partition coefficient (Wildman–Crippen LogP) is 2.80. The van der Waals surface area contributed by atoms with E-state index in [1.54, 1.807) is 0 Å². The fourth-order valence-corrected chi connectivity index (χ4v) is 2.55. The molecule has 0 aromatic heterocycles. The standard InChI is InChI=1S/C11H23N/c1-8(2)11(12)7-5-6-9(3)10(11)4/h8-10H,5-7,12H2,1-4H3. The second-order valence-electron chi connectivity index (χ2n) is 4.93. The van der Waals surface area contributed by atoms with Gasteiger partial charge in [-0.2, -0.15) is 0 Å². The molecule has 1 aliphatic carbocycles. The third-order valence-corrected chi connectivity index (χ3v) is 4.05. The van der Waals surface area contributed by atoms with Gasteiger partial charge in [0.25, 0.3) is 0 Å². The molecule has 0 bridgehead atoms. The van der Waals surface area contributed by atoms with E-state index in [9.17, 15) is 0 Å². The van der Waals surface area contributed by atoms with Crippen molar-refractivity contribution < 1.29 is 0 Å². The van der Waals surface area contributed by atoms with Crippen LogP contribution in [0.25, 0.3) is 0 Å². The van der Waals surface area contributed by atoms with E-state index in [2.05, 4.69) is 27.7 Å². The van der Waals surface area contributed by atoms with E-state index in [1.807, 2.05) is 0 Å². The van der Waals surface area contributed by atoms with E-state index in [-0.39, 0.29) is 5.54 Å². The van der Waals surface area contributed by atoms with Crippen LogP contribution < -0.4 is 5.73 Å². The monoisotopic (exact) mass is 169 g/mol. The molecule has 0 heterocycles. The number of hydrogen-bond acceptors (Lipinski definition) is 1. The fraction of sp³-hybridized carbons (Fsp3) is 1.00. The van der Waals surface area contributed by atoms with Gasteiger partial charge in [0.15, 0.2) is 0 Å². The first kappa shape index (κ1) is 10.0. The van der Waals surface area contributed by atoms with Crippen molar-refractivity contribution in [2.45, 2.75) is 52.5 Å². The maximum atomic E-state index is 6.44. The number of nitrogens with two attached hydrogens (primary N) is 1. The van der Waals surface area contributed by atoms with Crippen molar-refractivity contribution in [2.75, 3.05) is 0 Å². The van der Waals surface area contributed by atoms with Gasteiger partial charge < -0.3 is 5.73 Å². The Morgan fingerprint density at radius 2 is 1.92 bits per heavy atom. The summed E-state index contributed by atoms with van der Waals surface area (Å²) in [5.41, 5.74) is 6.54. The second-order valence-corrected chi connectivity index (χ2v) is 4.93. The average Bonchev–Trinajstić information content (AvgIpc) is 2.00. The highest BCUT2D eigenvalue weighted by Crippen LogP contribution is 2.39. The van der Waals surface area contributed by atoms with Crippen LogP contribution in [0.1, 0.15) is 47.0 Å². The largest absolute Gasteiger partial charge is 0.325 e. The van der Waals surface area contributed by atoms with Crippen LogP contribution in [-0.2, 0) is 0 Å². The smallest absolute Gasteiger partial charge is 0.0206 e. The van der Waals surface area contributed by atoms with Crippen LogP contribution in [0.2, 0.25) is 0 Å². The van der Waals surface area contributed by atoms with Crippen molar-refractivity contribution in [1.82, 2.24) is 0 Å². The summed E-state index contributed by atoms with van der Waals surface area (Å²) in [4.78, 5) is 0. The fourth-order valence-electron chi connectivity index (χ4n) is 2.55. The summed E-state index contributed by atoms with van der Waals surface area (Å²) in [5.74, 6) is 2.12. The maximum Gasteiger partial charge on any atom is 0.0206 e. The van der Waals surface area contributed by atoms with Crippen molar-refractivity contribution in [3.8, 4) is 0 Å². The SMILES string of the molecule is CC1CCCC(N)(C(C)C)C1C. The third kappa shape index (κ3) is 1.52. The first-order chi connectivity index (χ1) is 5.48. The van der Waals surface area contributed by atoms with Crippen LogP contribution in [0.3, 0.4) is 0 Å². The molecule has 1 rings (SSSR count). The molecule has 0 aromatic rings. The molecule has 0 amide bonds. The summed E-state index contributed by atoms with van der Waals surface area (Å²) in [6.07, 6.45) is 3.91. The molecule has 2 N–H and O–H groups in total. The highest BCUT2D eigenvalue weighted by Gasteiger charge is 2.40. The van der Waals surface area contributed by atoms with Gasteiger partial charge in [0.2, 0.25) is 0 Å². The third-order valence-electron chi connectivity index (χ3n) is 4.05. The van der Waals surface area contributed by atoms with E-state index in [0.717, 1.165) is 5.92 Å². The Labute approximate surface area is 76.7 Å². The van der Waals surface area contributed by atoms with E-state index < -0.39 is 0 Å². The van der Waals surface area contributed by atoms with E-state index >= 15 is 0 Å². The Hall–Kier alpha value is -0.0400. The van der Waals surface area contributed by atoms with Gasteiger partial charge in [-0.25, -0.2) is 0 Å². The first-order valence-corrected chi connectivity index (χ1v) is 5.27. The van der Waals surface area contributed by atoms with Crippen LogP contribution in [-0.4, -0.2) is 5.54 Å². The molecule has 1 nitrogen and oxygen atoms in total. The maximum absolute atomic E-state index is 6.44. The van der Waals surface area contributed by atoms with Crippen molar-refractivity contribution in [1.29, 1.82) is 0 Å². The van der Waals surface area contributed by atoms with Gasteiger partial charge in [-0.15, -0.1) is 0 Å². The average molecular weight is 169 g/mol. The van der Waals surface area contributed by atoms with Crippen molar-refractivity contribution >= 4 is 0 Å². The lowest BCUT2D eigenvalue weighted by atomic mass is 9.64. The van der Waals surface area contributed by atoms with E-state index in [4.69, 9.17) is 5.73 Å². The van der Waals surface area contributed by atoms with Crippen molar-refractivity contribution in [2.24, 2.45) is 23.5 Å². The molecule has 0 saturated heterocycles. The summed E-state index contributed by atoms with van der Waals surface area (Å²) < 4.78 is 0. The molecular weight excluding hydrogens is 146 g/mol. The van der Waals surface area contributed by atoms with Gasteiger partial charge in [0.1, 0.15) is 0 Å². The molecule has 3 atom stereocenters. The van der Waals surface area contributed by atoms with Gasteiger partial charge >= 0.3 is 0 Å². The molecular formula is C11H23N. The lowest BCUT2D eigenvalue weighted by Crippen LogP contribution is -2.54. The van der Waals surface area contributed by atoms with Crippen LogP contribution >= 0.6 is 0 Å². The molecule has 0 spiro atoms. The normalized spacial score (nSPS) is 43.5. The Bertz CT molecular complexity index is 153. The van der Waals surface area contributed by atoms with Gasteiger partial charge in [0, 0.05) is 5.54 Å². The molecule has 12 heavy (non-hydrogen) atoms. The van der Waals surface area contributed by atoms with Gasteiger partial charge in [-0.3, -0.25) is 0 Å². The Morgan fingerprint density at radius 1 is 1.33 bits per heavy atom. The summed E-state index contributed by atoms with van der Waals surface area (Å²) in [7, 11) is 0. The number of hydrogen-bond donors (Lipinski definition) is 1. The van der Waals surface area contributed by atoms with Crippen molar-refractivity contribution in [3.05, 3.63) is 0 Å². The van der Waals surface area contributed by atoms with Gasteiger partial charge in [-0.05, 0) is 24.2 Å². The minimum Gasteiger partial charge on any atom is -0.325 e. The Balaban J connectivity index is 2.74. The molecule has 3 unspecified atom stereocenters. The quantitative estimate of drug-likeness (QED) is 0.642. The Morgan fingerprint density at radius 3 is 2.33 bits per heavy atom. The highest BCUT2D eigenvalue weighted by molar-refractivity contribution is 4.96. The summed E-state index contributed by atoms with van der Waals surface area (Å²) >= 11 is 0. The van der Waals surface area contributed by atoms with Crippen LogP contribution in [0.5, 0.6) is 0 Å². The predicted molar refractivity (Wildman–Crippen MR) is 53.9 cm³/mol.